The summed E-state index contributed by atoms with van der Waals surface area (Å²) in [5.74, 6) is 1.84. The molecule has 1 amide bonds. The summed E-state index contributed by atoms with van der Waals surface area (Å²) < 4.78 is 17.8. The minimum absolute atomic E-state index is 0.225. The summed E-state index contributed by atoms with van der Waals surface area (Å²) in [5.41, 5.74) is 3.11. The van der Waals surface area contributed by atoms with Gasteiger partial charge in [0, 0.05) is 94.8 Å². The molecule has 228 valence electrons. The highest BCUT2D eigenvalue weighted by Gasteiger charge is 2.39. The van der Waals surface area contributed by atoms with Crippen molar-refractivity contribution in [2.24, 2.45) is 17.3 Å². The smallest absolute Gasteiger partial charge is 0.257 e. The topological polar surface area (TPSA) is 95.4 Å². The van der Waals surface area contributed by atoms with Gasteiger partial charge in [0.25, 0.3) is 5.91 Å². The number of nitrogens with zero attached hydrogens (tertiary/aromatic N) is 8. The Balaban J connectivity index is 0.00000102. The van der Waals surface area contributed by atoms with Gasteiger partial charge in [-0.25, -0.2) is 9.37 Å². The first-order valence-electron chi connectivity index (χ1n) is 15.1. The highest BCUT2D eigenvalue weighted by molar-refractivity contribution is 6.13. The quantitative estimate of drug-likeness (QED) is 0.253. The fraction of sp³-hybridized carbons (Fsp3) is 0.469. The van der Waals surface area contributed by atoms with Crippen molar-refractivity contribution in [3.63, 3.8) is 0 Å². The van der Waals surface area contributed by atoms with Crippen molar-refractivity contribution in [2.45, 2.75) is 59.5 Å². The lowest BCUT2D eigenvalue weighted by molar-refractivity contribution is 0.102. The molecule has 0 unspecified atom stereocenters. The number of amides is 1. The van der Waals surface area contributed by atoms with Gasteiger partial charge in [0.05, 0.1) is 16.9 Å². The molecule has 3 aromatic heterocycles. The molecule has 1 saturated heterocycles. The van der Waals surface area contributed by atoms with Gasteiger partial charge in [-0.05, 0) is 19.1 Å². The Bertz CT molecular complexity index is 1630. The predicted octanol–water partition coefficient (Wildman–Crippen LogP) is 6.06. The summed E-state index contributed by atoms with van der Waals surface area (Å²) in [6, 6.07) is 5.06. The number of terminal acetylenes is 1. The van der Waals surface area contributed by atoms with Gasteiger partial charge >= 0.3 is 0 Å². The van der Waals surface area contributed by atoms with E-state index in [1.165, 1.54) is 6.07 Å². The zero-order valence-electron chi connectivity index (χ0n) is 26.1. The van der Waals surface area contributed by atoms with Crippen LogP contribution >= 0.6 is 0 Å². The molecule has 0 radical (unpaired) electrons. The van der Waals surface area contributed by atoms with E-state index in [1.807, 2.05) is 47.0 Å². The summed E-state index contributed by atoms with van der Waals surface area (Å²) >= 11 is 0. The van der Waals surface area contributed by atoms with E-state index in [0.717, 1.165) is 56.6 Å². The summed E-state index contributed by atoms with van der Waals surface area (Å²) in [5, 5.41) is 16.8. The van der Waals surface area contributed by atoms with Crippen molar-refractivity contribution in [2.75, 3.05) is 42.9 Å². The Kier molecular flexibility index (Phi) is 10.1. The molecule has 0 spiro atoms. The van der Waals surface area contributed by atoms with Gasteiger partial charge < -0.3 is 14.6 Å². The Morgan fingerprint density at radius 2 is 1.79 bits per heavy atom. The number of rotatable bonds is 8. The number of fused-ring (bicyclic) bond motifs is 2. The average molecular weight is 588 g/mol. The van der Waals surface area contributed by atoms with Crippen LogP contribution in [0.15, 0.2) is 47.0 Å². The normalized spacial score (nSPS) is 15.3. The number of benzene rings is 1. The third-order valence-electron chi connectivity index (χ3n) is 7.49. The molecule has 6 rings (SSSR count). The first-order chi connectivity index (χ1) is 20.8. The number of aryl methyl sites for hydroxylation is 2. The highest BCUT2D eigenvalue weighted by Crippen LogP contribution is 2.37. The van der Waals surface area contributed by atoms with E-state index in [0.29, 0.717) is 28.9 Å². The van der Waals surface area contributed by atoms with Gasteiger partial charge in [-0.3, -0.25) is 14.4 Å². The summed E-state index contributed by atoms with van der Waals surface area (Å²) in [4.78, 5) is 22.2. The third-order valence-corrected chi connectivity index (χ3v) is 7.49. The van der Waals surface area contributed by atoms with Crippen LogP contribution < -0.4 is 10.2 Å². The van der Waals surface area contributed by atoms with Gasteiger partial charge in [0.2, 0.25) is 0 Å². The summed E-state index contributed by atoms with van der Waals surface area (Å²) in [7, 11) is 1.85. The number of piperazine rings is 1. The van der Waals surface area contributed by atoms with E-state index in [1.54, 1.807) is 34.5 Å². The standard InChI is InChI=1S/C28H30FN9O.2C2H6/c1-4-5-8-28(33-34-28)9-10-36-11-13-37(14-12-36)24-7-6-21(25-22(24)18-35(3)32-25)27(39)31-20-15-23(29)26-30-19(2)16-38(26)17-20;2*1-2/h1,6-7,15-18H,5,8-14H2,2-3H3,(H,31,39);2*1-2H3. The zero-order chi connectivity index (χ0) is 31.1. The summed E-state index contributed by atoms with van der Waals surface area (Å²) in [6.07, 6.45) is 13.2. The SMILES string of the molecule is C#CCCC1(CCN2CCN(c3ccc(C(=O)Nc4cc(F)c5nc(C)cn5c4)c4nn(C)cc34)CC2)N=N1.CC.CC. The molecule has 0 atom stereocenters. The number of carbonyl (C=O) groups is 1. The maximum atomic E-state index is 14.5. The van der Waals surface area contributed by atoms with Crippen molar-refractivity contribution in [3.8, 4) is 12.3 Å². The molecule has 0 saturated carbocycles. The van der Waals surface area contributed by atoms with Gasteiger partial charge in [0.1, 0.15) is 5.52 Å². The molecule has 1 aromatic carbocycles. The monoisotopic (exact) mass is 587 g/mol. The second-order valence-corrected chi connectivity index (χ2v) is 10.3. The number of anilines is 2. The maximum absolute atomic E-state index is 14.5. The molecular weight excluding hydrogens is 545 g/mol. The number of halogens is 1. The Hall–Kier alpha value is -4.30. The number of aromatic nitrogens is 4. The molecule has 4 aromatic rings. The molecule has 43 heavy (non-hydrogen) atoms. The van der Waals surface area contributed by atoms with Gasteiger partial charge in [-0.2, -0.15) is 15.3 Å². The predicted molar refractivity (Wildman–Crippen MR) is 170 cm³/mol. The molecule has 1 fully saturated rings. The summed E-state index contributed by atoms with van der Waals surface area (Å²) in [6.45, 7) is 14.3. The Morgan fingerprint density at radius 1 is 1.07 bits per heavy atom. The molecule has 5 heterocycles. The van der Waals surface area contributed by atoms with E-state index < -0.39 is 5.82 Å². The van der Waals surface area contributed by atoms with Crippen LogP contribution in [0.2, 0.25) is 0 Å². The van der Waals surface area contributed by atoms with Crippen LogP contribution in [-0.2, 0) is 7.05 Å². The first kappa shape index (κ1) is 31.6. The van der Waals surface area contributed by atoms with E-state index >= 15 is 0 Å². The number of hydrogen-bond acceptors (Lipinski definition) is 7. The van der Waals surface area contributed by atoms with Crippen LogP contribution in [0.4, 0.5) is 15.8 Å². The van der Waals surface area contributed by atoms with Crippen molar-refractivity contribution in [3.05, 3.63) is 53.9 Å². The van der Waals surface area contributed by atoms with Crippen molar-refractivity contribution in [1.29, 1.82) is 0 Å². The number of hydrogen-bond donors (Lipinski definition) is 1. The largest absolute Gasteiger partial charge is 0.368 e. The van der Waals surface area contributed by atoms with Crippen LogP contribution in [0.1, 0.15) is 63.0 Å². The van der Waals surface area contributed by atoms with Crippen LogP contribution in [0.25, 0.3) is 16.6 Å². The first-order valence-corrected chi connectivity index (χ1v) is 15.1. The van der Waals surface area contributed by atoms with Crippen molar-refractivity contribution >= 4 is 33.8 Å². The molecule has 2 aliphatic heterocycles. The lowest BCUT2D eigenvalue weighted by atomic mass is 10.0. The van der Waals surface area contributed by atoms with E-state index in [9.17, 15) is 9.18 Å². The lowest BCUT2D eigenvalue weighted by Gasteiger charge is -2.36. The number of carbonyl (C=O) groups excluding carboxylic acids is 1. The van der Waals surface area contributed by atoms with Gasteiger partial charge in [-0.15, -0.1) is 12.3 Å². The second kappa shape index (κ2) is 13.8. The van der Waals surface area contributed by atoms with Crippen LogP contribution in [0.5, 0.6) is 0 Å². The van der Waals surface area contributed by atoms with Gasteiger partial charge in [-0.1, -0.05) is 27.7 Å². The Labute approximate surface area is 253 Å². The van der Waals surface area contributed by atoms with Crippen molar-refractivity contribution in [1.82, 2.24) is 24.1 Å². The van der Waals surface area contributed by atoms with Crippen LogP contribution in [-0.4, -0.2) is 68.4 Å². The van der Waals surface area contributed by atoms with E-state index in [-0.39, 0.29) is 17.2 Å². The number of nitrogens with one attached hydrogen (secondary N) is 1. The Morgan fingerprint density at radius 3 is 2.47 bits per heavy atom. The van der Waals surface area contributed by atoms with E-state index in [2.05, 4.69) is 41.3 Å². The minimum atomic E-state index is -0.498. The molecule has 1 N–H and O–H groups in total. The van der Waals surface area contributed by atoms with Crippen molar-refractivity contribution < 1.29 is 9.18 Å². The highest BCUT2D eigenvalue weighted by atomic mass is 19.1. The number of imidazole rings is 1. The van der Waals surface area contributed by atoms with Gasteiger partial charge in [0.15, 0.2) is 17.1 Å². The second-order valence-electron chi connectivity index (χ2n) is 10.3. The molecule has 11 heteroatoms. The average Bonchev–Trinajstić information content (AvgIpc) is 3.52. The third kappa shape index (κ3) is 7.03. The zero-order valence-corrected chi connectivity index (χ0v) is 26.1. The lowest BCUT2D eigenvalue weighted by Crippen LogP contribution is -2.47. The number of pyridine rings is 1. The van der Waals surface area contributed by atoms with Crippen LogP contribution in [0, 0.1) is 25.1 Å². The van der Waals surface area contributed by atoms with Crippen LogP contribution in [0.3, 0.4) is 0 Å². The molecule has 10 nitrogen and oxygen atoms in total. The molecular formula is C32H42FN9O. The van der Waals surface area contributed by atoms with E-state index in [4.69, 9.17) is 6.42 Å². The minimum Gasteiger partial charge on any atom is -0.368 e. The molecule has 0 bridgehead atoms. The molecule has 0 aliphatic carbocycles. The fourth-order valence-corrected chi connectivity index (χ4v) is 5.33. The molecule has 2 aliphatic rings. The maximum Gasteiger partial charge on any atom is 0.257 e. The fourth-order valence-electron chi connectivity index (χ4n) is 5.33.